The molecule has 0 saturated heterocycles. The van der Waals surface area contributed by atoms with Gasteiger partial charge in [-0.25, -0.2) is 4.98 Å². The van der Waals surface area contributed by atoms with Gasteiger partial charge in [0.25, 0.3) is 5.56 Å². The van der Waals surface area contributed by atoms with E-state index >= 15 is 0 Å². The van der Waals surface area contributed by atoms with Crippen LogP contribution in [0.4, 0.5) is 5.95 Å². The van der Waals surface area contributed by atoms with Crippen molar-refractivity contribution in [1.82, 2.24) is 9.97 Å². The van der Waals surface area contributed by atoms with E-state index in [2.05, 4.69) is 9.97 Å². The van der Waals surface area contributed by atoms with E-state index in [4.69, 9.17) is 11.5 Å². The van der Waals surface area contributed by atoms with Crippen molar-refractivity contribution in [3.05, 3.63) is 21.6 Å². The standard InChI is InChI=1S/C9H14N4O/c10-4-5-1-2-7-6(3-5)8(14)13-9(11)12-7/h5H,1-4,10H2,(H3,11,12,13,14). The fraction of sp³-hybridized carbons (Fsp3) is 0.556. The lowest BCUT2D eigenvalue weighted by molar-refractivity contribution is 0.459. The number of hydrogen-bond donors (Lipinski definition) is 3. The molecule has 5 nitrogen and oxygen atoms in total. The minimum absolute atomic E-state index is 0.106. The number of fused-ring (bicyclic) bond motifs is 1. The van der Waals surface area contributed by atoms with Crippen molar-refractivity contribution in [3.8, 4) is 0 Å². The van der Waals surface area contributed by atoms with Crippen LogP contribution < -0.4 is 17.0 Å². The molecule has 5 N–H and O–H groups in total. The number of nitrogens with zero attached hydrogens (tertiary/aromatic N) is 1. The highest BCUT2D eigenvalue weighted by molar-refractivity contribution is 5.27. The Morgan fingerprint density at radius 3 is 3.07 bits per heavy atom. The second-order valence-electron chi connectivity index (χ2n) is 3.72. The molecule has 1 aliphatic carbocycles. The predicted octanol–water partition coefficient (Wildman–Crippen LogP) is -0.584. The summed E-state index contributed by atoms with van der Waals surface area (Å²) in [5.41, 5.74) is 12.5. The van der Waals surface area contributed by atoms with E-state index in [0.29, 0.717) is 12.5 Å². The third kappa shape index (κ3) is 1.50. The summed E-state index contributed by atoms with van der Waals surface area (Å²) < 4.78 is 0. The molecule has 0 bridgehead atoms. The summed E-state index contributed by atoms with van der Waals surface area (Å²) in [6, 6.07) is 0. The van der Waals surface area contributed by atoms with Gasteiger partial charge in [-0.3, -0.25) is 9.78 Å². The molecule has 0 amide bonds. The summed E-state index contributed by atoms with van der Waals surface area (Å²) in [6.07, 6.45) is 2.54. The van der Waals surface area contributed by atoms with Gasteiger partial charge in [0.2, 0.25) is 5.95 Å². The molecule has 0 fully saturated rings. The third-order valence-electron chi connectivity index (χ3n) is 2.73. The molecule has 0 radical (unpaired) electrons. The van der Waals surface area contributed by atoms with Crippen LogP contribution in [0.15, 0.2) is 4.79 Å². The molecule has 1 aromatic rings. The molecule has 0 spiro atoms. The topological polar surface area (TPSA) is 97.8 Å². The highest BCUT2D eigenvalue weighted by Gasteiger charge is 2.21. The first-order valence-electron chi connectivity index (χ1n) is 4.78. The number of rotatable bonds is 1. The Morgan fingerprint density at radius 2 is 2.36 bits per heavy atom. The molecule has 76 valence electrons. The molecule has 2 rings (SSSR count). The van der Waals surface area contributed by atoms with Crippen LogP contribution in [0.5, 0.6) is 0 Å². The molecule has 1 heterocycles. The van der Waals surface area contributed by atoms with Gasteiger partial charge < -0.3 is 11.5 Å². The summed E-state index contributed by atoms with van der Waals surface area (Å²) >= 11 is 0. The first-order valence-corrected chi connectivity index (χ1v) is 4.78. The first-order chi connectivity index (χ1) is 6.70. The van der Waals surface area contributed by atoms with Crippen molar-refractivity contribution in [3.63, 3.8) is 0 Å². The van der Waals surface area contributed by atoms with Gasteiger partial charge in [-0.15, -0.1) is 0 Å². The maximum absolute atomic E-state index is 11.5. The summed E-state index contributed by atoms with van der Waals surface area (Å²) in [6.45, 7) is 0.628. The van der Waals surface area contributed by atoms with E-state index in [1.807, 2.05) is 0 Å². The monoisotopic (exact) mass is 194 g/mol. The molecule has 5 heteroatoms. The smallest absolute Gasteiger partial charge is 0.255 e. The van der Waals surface area contributed by atoms with Crippen molar-refractivity contribution in [2.75, 3.05) is 12.3 Å². The lowest BCUT2D eigenvalue weighted by Crippen LogP contribution is -2.29. The second-order valence-corrected chi connectivity index (χ2v) is 3.72. The molecule has 1 unspecified atom stereocenters. The minimum Gasteiger partial charge on any atom is -0.369 e. The van der Waals surface area contributed by atoms with Gasteiger partial charge in [0.05, 0.1) is 5.69 Å². The molecular formula is C9H14N4O. The average molecular weight is 194 g/mol. The average Bonchev–Trinajstić information content (AvgIpc) is 2.17. The third-order valence-corrected chi connectivity index (χ3v) is 2.73. The number of H-pyrrole nitrogens is 1. The number of hydrogen-bond acceptors (Lipinski definition) is 4. The summed E-state index contributed by atoms with van der Waals surface area (Å²) in [7, 11) is 0. The minimum atomic E-state index is -0.106. The molecule has 14 heavy (non-hydrogen) atoms. The Kier molecular flexibility index (Phi) is 2.25. The van der Waals surface area contributed by atoms with Gasteiger partial charge >= 0.3 is 0 Å². The lowest BCUT2D eigenvalue weighted by atomic mass is 9.87. The van der Waals surface area contributed by atoms with Gasteiger partial charge in [0.15, 0.2) is 0 Å². The van der Waals surface area contributed by atoms with Gasteiger partial charge in [0, 0.05) is 5.56 Å². The second kappa shape index (κ2) is 3.42. The van der Waals surface area contributed by atoms with Crippen molar-refractivity contribution < 1.29 is 0 Å². The van der Waals surface area contributed by atoms with Gasteiger partial charge in [-0.2, -0.15) is 0 Å². The van der Waals surface area contributed by atoms with Crippen molar-refractivity contribution in [2.24, 2.45) is 11.7 Å². The highest BCUT2D eigenvalue weighted by atomic mass is 16.1. The van der Waals surface area contributed by atoms with Crippen LogP contribution in [0, 0.1) is 5.92 Å². The van der Waals surface area contributed by atoms with Crippen LogP contribution in [0.2, 0.25) is 0 Å². The first kappa shape index (κ1) is 9.21. The fourth-order valence-corrected chi connectivity index (χ4v) is 1.91. The molecule has 0 saturated carbocycles. The van der Waals surface area contributed by atoms with Crippen LogP contribution in [0.25, 0.3) is 0 Å². The maximum atomic E-state index is 11.5. The largest absolute Gasteiger partial charge is 0.369 e. The fourth-order valence-electron chi connectivity index (χ4n) is 1.91. The zero-order chi connectivity index (χ0) is 10.1. The number of anilines is 1. The normalized spacial score (nSPS) is 20.5. The van der Waals surface area contributed by atoms with Crippen molar-refractivity contribution >= 4 is 5.95 Å². The quantitative estimate of drug-likeness (QED) is 0.557. The van der Waals surface area contributed by atoms with Gasteiger partial charge in [-0.1, -0.05) is 0 Å². The Morgan fingerprint density at radius 1 is 1.57 bits per heavy atom. The molecule has 1 atom stereocenters. The van der Waals surface area contributed by atoms with Gasteiger partial charge in [0.1, 0.15) is 0 Å². The molecule has 0 aliphatic heterocycles. The zero-order valence-corrected chi connectivity index (χ0v) is 7.92. The van der Waals surface area contributed by atoms with E-state index in [0.717, 1.165) is 30.5 Å². The Balaban J connectivity index is 2.42. The number of nitrogens with two attached hydrogens (primary N) is 2. The van der Waals surface area contributed by atoms with E-state index < -0.39 is 0 Å². The highest BCUT2D eigenvalue weighted by Crippen LogP contribution is 2.20. The zero-order valence-electron chi connectivity index (χ0n) is 7.92. The SMILES string of the molecule is NCC1CCc2nc(N)[nH]c(=O)c2C1. The Bertz CT molecular complexity index is 398. The van der Waals surface area contributed by atoms with Gasteiger partial charge in [-0.05, 0) is 31.7 Å². The van der Waals surface area contributed by atoms with E-state index in [1.54, 1.807) is 0 Å². The van der Waals surface area contributed by atoms with Crippen LogP contribution in [0.3, 0.4) is 0 Å². The molecule has 1 aromatic heterocycles. The van der Waals surface area contributed by atoms with E-state index in [-0.39, 0.29) is 11.5 Å². The van der Waals surface area contributed by atoms with Crippen LogP contribution in [0.1, 0.15) is 17.7 Å². The lowest BCUT2D eigenvalue weighted by Gasteiger charge is -2.21. The number of nitrogens with one attached hydrogen (secondary N) is 1. The summed E-state index contributed by atoms with van der Waals surface area (Å²) in [4.78, 5) is 18.2. The number of aromatic amines is 1. The predicted molar refractivity (Wildman–Crippen MR) is 53.8 cm³/mol. The van der Waals surface area contributed by atoms with Crippen LogP contribution >= 0.6 is 0 Å². The Hall–Kier alpha value is -1.36. The van der Waals surface area contributed by atoms with Crippen molar-refractivity contribution in [2.45, 2.75) is 19.3 Å². The van der Waals surface area contributed by atoms with E-state index in [9.17, 15) is 4.79 Å². The molecular weight excluding hydrogens is 180 g/mol. The van der Waals surface area contributed by atoms with E-state index in [1.165, 1.54) is 0 Å². The maximum Gasteiger partial charge on any atom is 0.255 e. The molecule has 0 aromatic carbocycles. The number of nitrogen functional groups attached to an aromatic ring is 1. The van der Waals surface area contributed by atoms with Crippen molar-refractivity contribution in [1.29, 1.82) is 0 Å². The molecule has 1 aliphatic rings. The summed E-state index contributed by atoms with van der Waals surface area (Å²) in [5.74, 6) is 0.619. The number of aromatic nitrogens is 2. The van der Waals surface area contributed by atoms with Crippen LogP contribution in [-0.2, 0) is 12.8 Å². The Labute approximate surface area is 81.5 Å². The number of aryl methyl sites for hydroxylation is 1. The van der Waals surface area contributed by atoms with Crippen LogP contribution in [-0.4, -0.2) is 16.5 Å². The summed E-state index contributed by atoms with van der Waals surface area (Å²) in [5, 5.41) is 0.